The van der Waals surface area contributed by atoms with Gasteiger partial charge in [-0.1, -0.05) is 11.8 Å². The summed E-state index contributed by atoms with van der Waals surface area (Å²) in [6.45, 7) is 1.57. The number of fused-ring (bicyclic) bond motifs is 2. The Morgan fingerprint density at radius 2 is 2.10 bits per heavy atom. The summed E-state index contributed by atoms with van der Waals surface area (Å²) in [4.78, 5) is 47.1. The van der Waals surface area contributed by atoms with Gasteiger partial charge in [-0.3, -0.25) is 9.59 Å². The number of hydrogen-bond donors (Lipinski definition) is 1. The molecule has 0 saturated heterocycles. The zero-order chi connectivity index (χ0) is 21.8. The van der Waals surface area contributed by atoms with Crippen LogP contribution in [0, 0.1) is 0 Å². The van der Waals surface area contributed by atoms with Crippen LogP contribution in [0.4, 0.5) is 5.00 Å². The summed E-state index contributed by atoms with van der Waals surface area (Å²) in [5.74, 6) is -1.43. The van der Waals surface area contributed by atoms with Gasteiger partial charge in [-0.15, -0.1) is 22.7 Å². The molecule has 31 heavy (non-hydrogen) atoms. The Labute approximate surface area is 190 Å². The van der Waals surface area contributed by atoms with Crippen LogP contribution in [-0.2, 0) is 31.9 Å². The Morgan fingerprint density at radius 3 is 2.94 bits per heavy atom. The lowest BCUT2D eigenvalue weighted by atomic mass is 10.1. The van der Waals surface area contributed by atoms with Gasteiger partial charge in [0.15, 0.2) is 6.61 Å². The molecule has 4 rings (SSSR count). The van der Waals surface area contributed by atoms with Gasteiger partial charge in [-0.05, 0) is 43.2 Å². The van der Waals surface area contributed by atoms with Crippen LogP contribution in [-0.4, -0.2) is 46.8 Å². The van der Waals surface area contributed by atoms with E-state index in [1.165, 1.54) is 40.8 Å². The van der Waals surface area contributed by atoms with Crippen molar-refractivity contribution in [3.05, 3.63) is 33.8 Å². The minimum Gasteiger partial charge on any atom is -0.462 e. The van der Waals surface area contributed by atoms with Gasteiger partial charge in [-0.2, -0.15) is 0 Å². The maximum Gasteiger partial charge on any atom is 0.341 e. The standard InChI is InChI=1S/C20H19N3O5S3/c1-2-27-20(26)16-11-4-3-5-13(11)31-19(16)23-14(24)8-28-15(25)9-30-18-12-6-7-29-17(12)21-10-22-18/h6-7,10H,2-5,8-9H2,1H3,(H,23,24). The third-order valence-electron chi connectivity index (χ3n) is 4.57. The van der Waals surface area contributed by atoms with Gasteiger partial charge in [0.2, 0.25) is 0 Å². The van der Waals surface area contributed by atoms with E-state index in [1.807, 2.05) is 11.4 Å². The highest BCUT2D eigenvalue weighted by Crippen LogP contribution is 2.39. The number of rotatable bonds is 8. The number of thiophene rings is 2. The van der Waals surface area contributed by atoms with Gasteiger partial charge < -0.3 is 14.8 Å². The molecule has 1 amide bonds. The normalized spacial score (nSPS) is 12.5. The van der Waals surface area contributed by atoms with E-state index in [4.69, 9.17) is 9.47 Å². The second kappa shape index (κ2) is 9.75. The van der Waals surface area contributed by atoms with Crippen molar-refractivity contribution in [2.24, 2.45) is 0 Å². The van der Waals surface area contributed by atoms with Crippen LogP contribution in [0.2, 0.25) is 0 Å². The quantitative estimate of drug-likeness (QED) is 0.297. The number of carbonyl (C=O) groups excluding carboxylic acids is 3. The SMILES string of the molecule is CCOC(=O)c1c(NC(=O)COC(=O)CSc2ncnc3sccc23)sc2c1CCC2. The number of aryl methyl sites for hydroxylation is 1. The summed E-state index contributed by atoms with van der Waals surface area (Å²) >= 11 is 4.12. The van der Waals surface area contributed by atoms with Crippen molar-refractivity contribution >= 4 is 67.5 Å². The van der Waals surface area contributed by atoms with E-state index in [9.17, 15) is 14.4 Å². The third kappa shape index (κ3) is 4.89. The Balaban J connectivity index is 1.32. The molecule has 162 valence electrons. The molecule has 0 aromatic carbocycles. The Kier molecular flexibility index (Phi) is 6.83. The number of carbonyl (C=O) groups is 3. The topological polar surface area (TPSA) is 107 Å². The molecule has 0 aliphatic heterocycles. The molecule has 1 N–H and O–H groups in total. The van der Waals surface area contributed by atoms with E-state index in [1.54, 1.807) is 6.92 Å². The molecule has 1 aliphatic carbocycles. The molecule has 3 heterocycles. The first kappa shape index (κ1) is 21.7. The maximum atomic E-state index is 12.4. The van der Waals surface area contributed by atoms with E-state index >= 15 is 0 Å². The zero-order valence-corrected chi connectivity index (χ0v) is 19.1. The molecule has 11 heteroatoms. The lowest BCUT2D eigenvalue weighted by Crippen LogP contribution is -2.22. The van der Waals surface area contributed by atoms with Crippen molar-refractivity contribution in [1.29, 1.82) is 0 Å². The summed E-state index contributed by atoms with van der Waals surface area (Å²) in [6.07, 6.45) is 4.12. The Bertz CT molecular complexity index is 1140. The first-order valence-corrected chi connectivity index (χ1v) is 12.3. The molecule has 3 aromatic rings. The van der Waals surface area contributed by atoms with E-state index in [0.29, 0.717) is 15.6 Å². The first-order chi connectivity index (χ1) is 15.1. The smallest absolute Gasteiger partial charge is 0.341 e. The van der Waals surface area contributed by atoms with E-state index in [0.717, 1.165) is 39.9 Å². The van der Waals surface area contributed by atoms with E-state index < -0.39 is 24.5 Å². The van der Waals surface area contributed by atoms with Crippen LogP contribution in [0.25, 0.3) is 10.2 Å². The fourth-order valence-electron chi connectivity index (χ4n) is 3.27. The third-order valence-corrected chi connectivity index (χ3v) is 7.58. The highest BCUT2D eigenvalue weighted by atomic mass is 32.2. The maximum absolute atomic E-state index is 12.4. The fraction of sp³-hybridized carbons (Fsp3) is 0.350. The average molecular weight is 478 g/mol. The number of aromatic nitrogens is 2. The second-order valence-electron chi connectivity index (χ2n) is 6.60. The lowest BCUT2D eigenvalue weighted by Gasteiger charge is -2.08. The van der Waals surface area contributed by atoms with Crippen molar-refractivity contribution in [1.82, 2.24) is 9.97 Å². The number of anilines is 1. The number of hydrogen-bond acceptors (Lipinski definition) is 10. The largest absolute Gasteiger partial charge is 0.462 e. The Hall–Kier alpha value is -2.50. The van der Waals surface area contributed by atoms with Gasteiger partial charge >= 0.3 is 11.9 Å². The lowest BCUT2D eigenvalue weighted by molar-refractivity contribution is -0.144. The predicted molar refractivity (Wildman–Crippen MR) is 120 cm³/mol. The predicted octanol–water partition coefficient (Wildman–Crippen LogP) is 3.69. The van der Waals surface area contributed by atoms with Crippen molar-refractivity contribution in [2.75, 3.05) is 24.3 Å². The zero-order valence-electron chi connectivity index (χ0n) is 16.6. The fourth-order valence-corrected chi connectivity index (χ4v) is 6.14. The second-order valence-corrected chi connectivity index (χ2v) is 9.56. The first-order valence-electron chi connectivity index (χ1n) is 9.65. The van der Waals surface area contributed by atoms with Gasteiger partial charge in [0.25, 0.3) is 5.91 Å². The van der Waals surface area contributed by atoms with Crippen LogP contribution in [0.3, 0.4) is 0 Å². The molecule has 0 unspecified atom stereocenters. The molecule has 0 saturated carbocycles. The highest BCUT2D eigenvalue weighted by Gasteiger charge is 2.28. The number of nitrogens with one attached hydrogen (secondary N) is 1. The molecule has 3 aromatic heterocycles. The van der Waals surface area contributed by atoms with Gasteiger partial charge in [0.05, 0.1) is 17.9 Å². The summed E-state index contributed by atoms with van der Waals surface area (Å²) in [7, 11) is 0. The summed E-state index contributed by atoms with van der Waals surface area (Å²) in [5.41, 5.74) is 1.38. The van der Waals surface area contributed by atoms with Crippen LogP contribution in [0.1, 0.15) is 34.1 Å². The van der Waals surface area contributed by atoms with Crippen molar-refractivity contribution in [3.8, 4) is 0 Å². The number of ether oxygens (including phenoxy) is 2. The molecule has 0 spiro atoms. The van der Waals surface area contributed by atoms with Crippen LogP contribution < -0.4 is 5.32 Å². The monoisotopic (exact) mass is 477 g/mol. The minimum atomic E-state index is -0.526. The summed E-state index contributed by atoms with van der Waals surface area (Å²) in [6, 6.07) is 1.90. The molecule has 0 atom stereocenters. The van der Waals surface area contributed by atoms with Crippen LogP contribution >= 0.6 is 34.4 Å². The molecule has 8 nitrogen and oxygen atoms in total. The number of nitrogens with zero attached hydrogens (tertiary/aromatic N) is 2. The molecule has 1 aliphatic rings. The van der Waals surface area contributed by atoms with Crippen molar-refractivity contribution < 1.29 is 23.9 Å². The van der Waals surface area contributed by atoms with Gasteiger partial charge in [-0.25, -0.2) is 14.8 Å². The van der Waals surface area contributed by atoms with E-state index in [-0.39, 0.29) is 12.4 Å². The molecular formula is C20H19N3O5S3. The molecular weight excluding hydrogens is 458 g/mol. The minimum absolute atomic E-state index is 0.0244. The summed E-state index contributed by atoms with van der Waals surface area (Å²) < 4.78 is 10.2. The number of esters is 2. The molecule has 0 bridgehead atoms. The number of amides is 1. The number of thioether (sulfide) groups is 1. The summed E-state index contributed by atoms with van der Waals surface area (Å²) in [5, 5.41) is 6.66. The van der Waals surface area contributed by atoms with Crippen molar-refractivity contribution in [3.63, 3.8) is 0 Å². The van der Waals surface area contributed by atoms with Gasteiger partial charge in [0.1, 0.15) is 21.2 Å². The van der Waals surface area contributed by atoms with E-state index in [2.05, 4.69) is 15.3 Å². The molecule has 0 fully saturated rings. The molecule has 0 radical (unpaired) electrons. The van der Waals surface area contributed by atoms with Crippen LogP contribution in [0.15, 0.2) is 22.8 Å². The highest BCUT2D eigenvalue weighted by molar-refractivity contribution is 8.00. The van der Waals surface area contributed by atoms with Crippen LogP contribution in [0.5, 0.6) is 0 Å². The average Bonchev–Trinajstić information content (AvgIpc) is 3.46. The van der Waals surface area contributed by atoms with Gasteiger partial charge in [0, 0.05) is 10.3 Å². The Morgan fingerprint density at radius 1 is 1.23 bits per heavy atom. The van der Waals surface area contributed by atoms with Crippen molar-refractivity contribution in [2.45, 2.75) is 31.2 Å².